The molecule has 11 heteroatoms. The zero-order chi connectivity index (χ0) is 21.9. The van der Waals surface area contributed by atoms with Gasteiger partial charge < -0.3 is 21.1 Å². The van der Waals surface area contributed by atoms with Gasteiger partial charge in [-0.25, -0.2) is 9.37 Å². The van der Waals surface area contributed by atoms with E-state index in [1.807, 2.05) is 0 Å². The highest BCUT2D eigenvalue weighted by Gasteiger charge is 2.31. The second-order valence-electron chi connectivity index (χ2n) is 6.39. The van der Waals surface area contributed by atoms with Gasteiger partial charge in [0.15, 0.2) is 0 Å². The Morgan fingerprint density at radius 2 is 2.07 bits per heavy atom. The van der Waals surface area contributed by atoms with E-state index in [9.17, 15) is 22.4 Å². The predicted octanol–water partition coefficient (Wildman–Crippen LogP) is 3.26. The normalized spacial score (nSPS) is 12.7. The van der Waals surface area contributed by atoms with Crippen LogP contribution < -0.4 is 11.1 Å². The summed E-state index contributed by atoms with van der Waals surface area (Å²) in [7, 11) is 0. The molecule has 0 aliphatic rings. The molecule has 5 N–H and O–H groups in total. The van der Waals surface area contributed by atoms with Crippen molar-refractivity contribution < 1.29 is 27.5 Å². The predicted molar refractivity (Wildman–Crippen MR) is 103 cm³/mol. The van der Waals surface area contributed by atoms with Crippen LogP contribution >= 0.6 is 11.3 Å². The molecule has 0 saturated carbocycles. The van der Waals surface area contributed by atoms with Crippen molar-refractivity contribution >= 4 is 17.2 Å². The van der Waals surface area contributed by atoms with E-state index in [2.05, 4.69) is 15.3 Å². The molecule has 0 bridgehead atoms. The summed E-state index contributed by atoms with van der Waals surface area (Å²) in [5.41, 5.74) is 5.48. The number of nitrogens with zero attached hydrogens (tertiary/aromatic N) is 1. The van der Waals surface area contributed by atoms with E-state index in [0.29, 0.717) is 23.2 Å². The number of amides is 1. The summed E-state index contributed by atoms with van der Waals surface area (Å²) >= 11 is 1.30. The monoisotopic (exact) mass is 442 g/mol. The summed E-state index contributed by atoms with van der Waals surface area (Å²) in [6.07, 6.45) is -4.26. The van der Waals surface area contributed by atoms with Crippen LogP contribution in [0, 0.1) is 5.82 Å². The van der Waals surface area contributed by atoms with Crippen molar-refractivity contribution in [3.63, 3.8) is 0 Å². The molecule has 6 nitrogen and oxygen atoms in total. The Labute approximate surface area is 172 Å². The molecule has 2 heterocycles. The van der Waals surface area contributed by atoms with E-state index >= 15 is 0 Å². The topological polar surface area (TPSA) is 104 Å². The highest BCUT2D eigenvalue weighted by Crippen LogP contribution is 2.32. The maximum absolute atomic E-state index is 14.2. The molecule has 3 rings (SSSR count). The molecule has 0 radical (unpaired) electrons. The Morgan fingerprint density at radius 3 is 2.70 bits per heavy atom. The van der Waals surface area contributed by atoms with Crippen LogP contribution in [-0.4, -0.2) is 34.1 Å². The van der Waals surface area contributed by atoms with Gasteiger partial charge in [0.25, 0.3) is 5.91 Å². The highest BCUT2D eigenvalue weighted by molar-refractivity contribution is 7.09. The molecule has 2 aromatic heterocycles. The SMILES string of the molecule is NC[C@@H](NC(=O)c1ccc(-c2ccc(C(F)(F)F)cc2F)[nH]1)c1nc(CCO)cs1. The van der Waals surface area contributed by atoms with Crippen molar-refractivity contribution in [2.45, 2.75) is 18.6 Å². The summed E-state index contributed by atoms with van der Waals surface area (Å²) < 4.78 is 52.3. The molecule has 0 aliphatic heterocycles. The van der Waals surface area contributed by atoms with Crippen molar-refractivity contribution in [2.75, 3.05) is 13.2 Å². The Bertz CT molecular complexity index is 1030. The van der Waals surface area contributed by atoms with Gasteiger partial charge in [-0.05, 0) is 30.3 Å². The highest BCUT2D eigenvalue weighted by atomic mass is 32.1. The summed E-state index contributed by atoms with van der Waals surface area (Å²) in [6, 6.07) is 4.43. The van der Waals surface area contributed by atoms with Crippen molar-refractivity contribution in [3.05, 3.63) is 63.5 Å². The van der Waals surface area contributed by atoms with Gasteiger partial charge in [0.2, 0.25) is 0 Å². The van der Waals surface area contributed by atoms with E-state index in [4.69, 9.17) is 10.8 Å². The Kier molecular flexibility index (Phi) is 6.54. The number of nitrogens with one attached hydrogen (secondary N) is 2. The van der Waals surface area contributed by atoms with Crippen LogP contribution in [0.25, 0.3) is 11.3 Å². The van der Waals surface area contributed by atoms with Crippen molar-refractivity contribution in [2.24, 2.45) is 5.73 Å². The molecule has 0 fully saturated rings. The second kappa shape index (κ2) is 8.94. The maximum Gasteiger partial charge on any atom is 0.416 e. The van der Waals surface area contributed by atoms with Crippen LogP contribution in [0.1, 0.15) is 32.8 Å². The molecule has 0 unspecified atom stereocenters. The molecule has 0 saturated heterocycles. The number of H-pyrrole nitrogens is 1. The molecule has 0 aliphatic carbocycles. The molecule has 0 spiro atoms. The van der Waals surface area contributed by atoms with Crippen molar-refractivity contribution in [3.8, 4) is 11.3 Å². The van der Waals surface area contributed by atoms with E-state index in [1.165, 1.54) is 23.5 Å². The minimum Gasteiger partial charge on any atom is -0.396 e. The van der Waals surface area contributed by atoms with Gasteiger partial charge in [-0.3, -0.25) is 4.79 Å². The number of benzene rings is 1. The molecular weight excluding hydrogens is 424 g/mol. The van der Waals surface area contributed by atoms with Gasteiger partial charge in [0.05, 0.1) is 17.3 Å². The zero-order valence-electron chi connectivity index (χ0n) is 15.5. The third kappa shape index (κ3) is 4.86. The minimum absolute atomic E-state index is 0.0470. The van der Waals surface area contributed by atoms with Crippen LogP contribution in [-0.2, 0) is 12.6 Å². The van der Waals surface area contributed by atoms with Crippen molar-refractivity contribution in [1.82, 2.24) is 15.3 Å². The fourth-order valence-corrected chi connectivity index (χ4v) is 3.68. The number of rotatable bonds is 7. The number of nitrogens with two attached hydrogens (primary N) is 1. The standard InChI is InChI=1S/C19H18F4N4O2S/c20-13-7-10(19(21,22)23)1-2-12(13)14-3-4-15(26-14)17(29)27-16(8-24)18-25-11(5-6-28)9-30-18/h1-4,7,9,16,26,28H,5-6,8,24H2,(H,27,29)/t16-/m1/s1. The quantitative estimate of drug-likeness (QED) is 0.422. The first kappa shape index (κ1) is 21.9. The number of alkyl halides is 3. The zero-order valence-corrected chi connectivity index (χ0v) is 16.3. The average Bonchev–Trinajstić information content (AvgIpc) is 3.35. The Balaban J connectivity index is 1.75. The summed E-state index contributed by atoms with van der Waals surface area (Å²) in [6.45, 7) is 0.0352. The first-order valence-electron chi connectivity index (χ1n) is 8.85. The maximum atomic E-state index is 14.2. The fourth-order valence-electron chi connectivity index (χ4n) is 2.76. The van der Waals surface area contributed by atoms with E-state index in [0.717, 1.165) is 12.1 Å². The second-order valence-corrected chi connectivity index (χ2v) is 7.28. The first-order valence-corrected chi connectivity index (χ1v) is 9.73. The van der Waals surface area contributed by atoms with E-state index < -0.39 is 29.5 Å². The van der Waals surface area contributed by atoms with Gasteiger partial charge in [-0.1, -0.05) is 0 Å². The van der Waals surface area contributed by atoms with Crippen LogP contribution in [0.4, 0.5) is 17.6 Å². The van der Waals surface area contributed by atoms with Gasteiger partial charge in [0.1, 0.15) is 16.5 Å². The van der Waals surface area contributed by atoms with Crippen molar-refractivity contribution in [1.29, 1.82) is 0 Å². The fraction of sp³-hybridized carbons (Fsp3) is 0.263. The van der Waals surface area contributed by atoms with Gasteiger partial charge in [-0.2, -0.15) is 13.2 Å². The van der Waals surface area contributed by atoms with Crippen LogP contribution in [0.5, 0.6) is 0 Å². The van der Waals surface area contributed by atoms with E-state index in [1.54, 1.807) is 5.38 Å². The molecule has 1 aromatic carbocycles. The number of aromatic nitrogens is 2. The lowest BCUT2D eigenvalue weighted by Crippen LogP contribution is -2.33. The molecule has 1 atom stereocenters. The first-order chi connectivity index (χ1) is 14.2. The number of carbonyl (C=O) groups excluding carboxylic acids is 1. The Hall–Kier alpha value is -2.76. The van der Waals surface area contributed by atoms with Gasteiger partial charge in [0, 0.05) is 36.2 Å². The molecule has 3 aromatic rings. The van der Waals surface area contributed by atoms with Gasteiger partial charge in [-0.15, -0.1) is 11.3 Å². The number of hydrogen-bond donors (Lipinski definition) is 4. The lowest BCUT2D eigenvalue weighted by Gasteiger charge is -2.13. The summed E-state index contributed by atoms with van der Waals surface area (Å²) in [4.78, 5) is 19.6. The number of aliphatic hydroxyl groups is 1. The third-order valence-electron chi connectivity index (χ3n) is 4.29. The van der Waals surface area contributed by atoms with Crippen LogP contribution in [0.2, 0.25) is 0 Å². The molecule has 30 heavy (non-hydrogen) atoms. The molecular formula is C19H18F4N4O2S. The lowest BCUT2D eigenvalue weighted by atomic mass is 10.1. The average molecular weight is 442 g/mol. The van der Waals surface area contributed by atoms with Crippen LogP contribution in [0.15, 0.2) is 35.7 Å². The number of thiazole rings is 1. The smallest absolute Gasteiger partial charge is 0.396 e. The number of halogens is 4. The minimum atomic E-state index is -4.65. The van der Waals surface area contributed by atoms with Crippen LogP contribution in [0.3, 0.4) is 0 Å². The molecule has 160 valence electrons. The number of aliphatic hydroxyl groups excluding tert-OH is 1. The number of aromatic amines is 1. The Morgan fingerprint density at radius 1 is 1.30 bits per heavy atom. The largest absolute Gasteiger partial charge is 0.416 e. The van der Waals surface area contributed by atoms with Gasteiger partial charge >= 0.3 is 6.18 Å². The molecule has 1 amide bonds. The lowest BCUT2D eigenvalue weighted by molar-refractivity contribution is -0.137. The summed E-state index contributed by atoms with van der Waals surface area (Å²) in [5, 5.41) is 14.0. The third-order valence-corrected chi connectivity index (χ3v) is 5.30. The number of carbonyl (C=O) groups is 1. The summed E-state index contributed by atoms with van der Waals surface area (Å²) in [5.74, 6) is -1.58. The van der Waals surface area contributed by atoms with E-state index in [-0.39, 0.29) is 30.1 Å². The number of hydrogen-bond acceptors (Lipinski definition) is 5.